The molecule has 1 N–H and O–H groups in total. The van der Waals surface area contributed by atoms with Gasteiger partial charge in [0.25, 0.3) is 5.56 Å². The highest BCUT2D eigenvalue weighted by Crippen LogP contribution is 2.37. The molecule has 0 aliphatic rings. The topological polar surface area (TPSA) is 73.2 Å². The molecule has 0 unspecified atom stereocenters. The third-order valence-corrected chi connectivity index (χ3v) is 4.53. The van der Waals surface area contributed by atoms with Gasteiger partial charge in [-0.05, 0) is 49.4 Å². The average Bonchev–Trinajstić information content (AvgIpc) is 2.74. The van der Waals surface area contributed by atoms with Crippen LogP contribution in [-0.4, -0.2) is 22.1 Å². The van der Waals surface area contributed by atoms with Gasteiger partial charge in [-0.25, -0.2) is 4.98 Å². The zero-order valence-electron chi connectivity index (χ0n) is 17.5. The first-order valence-corrected chi connectivity index (χ1v) is 9.76. The molecule has 1 aromatic heterocycles. The molecular weight excluding hydrogens is 468 g/mol. The van der Waals surface area contributed by atoms with Gasteiger partial charge in [-0.3, -0.25) is 14.2 Å². The highest BCUT2D eigenvalue weighted by Gasteiger charge is 2.37. The van der Waals surface area contributed by atoms with Gasteiger partial charge in [0.1, 0.15) is 12.3 Å². The normalized spacial score (nSPS) is 11.9. The van der Waals surface area contributed by atoms with E-state index in [-0.39, 0.29) is 6.07 Å². The molecule has 0 saturated heterocycles. The van der Waals surface area contributed by atoms with E-state index in [2.05, 4.69) is 4.98 Å². The van der Waals surface area contributed by atoms with Gasteiger partial charge in [0.05, 0.1) is 29.8 Å². The zero-order valence-corrected chi connectivity index (χ0v) is 17.5. The van der Waals surface area contributed by atoms with E-state index in [1.54, 1.807) is 24.3 Å². The molecule has 0 spiro atoms. The largest absolute Gasteiger partial charge is 0.494 e. The van der Waals surface area contributed by atoms with Crippen molar-refractivity contribution in [1.82, 2.24) is 9.55 Å². The molecule has 180 valence electrons. The molecule has 0 atom stereocenters. The van der Waals surface area contributed by atoms with E-state index in [9.17, 15) is 35.9 Å². The highest BCUT2D eigenvalue weighted by atomic mass is 19.4. The van der Waals surface area contributed by atoms with E-state index in [0.29, 0.717) is 35.7 Å². The van der Waals surface area contributed by atoms with E-state index in [4.69, 9.17) is 4.74 Å². The Balaban J connectivity index is 1.78. The van der Waals surface area contributed by atoms with Crippen LogP contribution in [0.1, 0.15) is 18.1 Å². The highest BCUT2D eigenvalue weighted by molar-refractivity contribution is 5.90. The van der Waals surface area contributed by atoms with Crippen molar-refractivity contribution in [2.75, 3.05) is 11.9 Å². The van der Waals surface area contributed by atoms with Crippen molar-refractivity contribution in [2.24, 2.45) is 0 Å². The Morgan fingerprint density at radius 1 is 0.971 bits per heavy atom. The van der Waals surface area contributed by atoms with Crippen molar-refractivity contribution >= 4 is 11.6 Å². The average molecular weight is 485 g/mol. The van der Waals surface area contributed by atoms with Crippen LogP contribution in [0.2, 0.25) is 0 Å². The van der Waals surface area contributed by atoms with Gasteiger partial charge in [-0.1, -0.05) is 0 Å². The van der Waals surface area contributed by atoms with Crippen molar-refractivity contribution in [3.63, 3.8) is 0 Å². The fraction of sp³-hybridized carbons (Fsp3) is 0.227. The first-order valence-electron chi connectivity index (χ1n) is 9.76. The summed E-state index contributed by atoms with van der Waals surface area (Å²) in [5.41, 5.74) is -3.60. The summed E-state index contributed by atoms with van der Waals surface area (Å²) in [4.78, 5) is 28.7. The summed E-state index contributed by atoms with van der Waals surface area (Å²) in [6, 6.07) is 8.57. The van der Waals surface area contributed by atoms with E-state index in [1.165, 1.54) is 0 Å². The smallest absolute Gasteiger partial charge is 0.416 e. The second kappa shape index (κ2) is 9.57. The lowest BCUT2D eigenvalue weighted by Gasteiger charge is -2.15. The molecule has 1 heterocycles. The van der Waals surface area contributed by atoms with Crippen molar-refractivity contribution < 1.29 is 35.9 Å². The second-order valence-electron chi connectivity index (χ2n) is 7.04. The lowest BCUT2D eigenvalue weighted by Crippen LogP contribution is -2.27. The zero-order chi connectivity index (χ0) is 25.1. The van der Waals surface area contributed by atoms with E-state index in [1.807, 2.05) is 12.2 Å². The van der Waals surface area contributed by atoms with Crippen molar-refractivity contribution in [1.29, 1.82) is 0 Å². The van der Waals surface area contributed by atoms with Gasteiger partial charge in [0.2, 0.25) is 5.91 Å². The minimum atomic E-state index is -5.06. The van der Waals surface area contributed by atoms with Crippen LogP contribution in [0, 0.1) is 0 Å². The summed E-state index contributed by atoms with van der Waals surface area (Å²) in [7, 11) is 0. The standard InChI is InChI=1S/C22H17F6N3O3/c1-2-34-17-5-3-13(4-6-17)18-10-20(33)31(12-29-18)11-19(32)30-16-8-14(21(23,24)25)7-15(9-16)22(26,27)28/h3-10,12H,2,11H2,1H3,(H,30,32). The number of hydrogen-bond acceptors (Lipinski definition) is 4. The van der Waals surface area contributed by atoms with Crippen molar-refractivity contribution in [2.45, 2.75) is 25.8 Å². The molecule has 34 heavy (non-hydrogen) atoms. The summed E-state index contributed by atoms with van der Waals surface area (Å²) in [5.74, 6) is -0.385. The Labute approximate surface area is 188 Å². The summed E-state index contributed by atoms with van der Waals surface area (Å²) >= 11 is 0. The van der Waals surface area contributed by atoms with Crippen molar-refractivity contribution in [3.8, 4) is 17.0 Å². The minimum absolute atomic E-state index is 0.0519. The summed E-state index contributed by atoms with van der Waals surface area (Å²) < 4.78 is 84.0. The van der Waals surface area contributed by atoms with E-state index in [0.717, 1.165) is 17.0 Å². The molecule has 6 nitrogen and oxygen atoms in total. The van der Waals surface area contributed by atoms with E-state index < -0.39 is 47.2 Å². The van der Waals surface area contributed by atoms with Gasteiger partial charge in [-0.2, -0.15) is 26.3 Å². The lowest BCUT2D eigenvalue weighted by atomic mass is 10.1. The van der Waals surface area contributed by atoms with Gasteiger partial charge in [0.15, 0.2) is 0 Å². The predicted octanol–water partition coefficient (Wildman–Crippen LogP) is 4.99. The Morgan fingerprint density at radius 3 is 2.06 bits per heavy atom. The molecule has 0 fully saturated rings. The first kappa shape index (κ1) is 24.8. The number of rotatable bonds is 6. The molecule has 0 aliphatic carbocycles. The Bertz CT molecular complexity index is 1200. The summed E-state index contributed by atoms with van der Waals surface area (Å²) in [6.07, 6.45) is -9.06. The van der Waals surface area contributed by atoms with Crippen LogP contribution in [-0.2, 0) is 23.7 Å². The molecule has 0 aliphatic heterocycles. The van der Waals surface area contributed by atoms with Gasteiger partial charge < -0.3 is 10.1 Å². The van der Waals surface area contributed by atoms with Gasteiger partial charge >= 0.3 is 12.4 Å². The van der Waals surface area contributed by atoms with Crippen LogP contribution < -0.4 is 15.6 Å². The van der Waals surface area contributed by atoms with Crippen LogP contribution >= 0.6 is 0 Å². The number of alkyl halides is 6. The Hall–Kier alpha value is -3.83. The second-order valence-corrected chi connectivity index (χ2v) is 7.04. The monoisotopic (exact) mass is 485 g/mol. The quantitative estimate of drug-likeness (QED) is 0.500. The number of ether oxygens (including phenoxy) is 1. The molecule has 3 rings (SSSR count). The maximum absolute atomic E-state index is 13.0. The molecule has 0 bridgehead atoms. The number of anilines is 1. The Morgan fingerprint density at radius 2 is 1.56 bits per heavy atom. The van der Waals surface area contributed by atoms with Crippen LogP contribution in [0.15, 0.2) is 59.7 Å². The number of benzene rings is 2. The maximum Gasteiger partial charge on any atom is 0.416 e. The minimum Gasteiger partial charge on any atom is -0.494 e. The Kier molecular flexibility index (Phi) is 6.99. The van der Waals surface area contributed by atoms with E-state index >= 15 is 0 Å². The summed E-state index contributed by atoms with van der Waals surface area (Å²) in [5, 5.41) is 1.97. The third kappa shape index (κ3) is 6.15. The fourth-order valence-corrected chi connectivity index (χ4v) is 2.97. The van der Waals surface area contributed by atoms with Crippen LogP contribution in [0.3, 0.4) is 0 Å². The molecule has 0 radical (unpaired) electrons. The van der Waals surface area contributed by atoms with Crippen molar-refractivity contribution in [3.05, 3.63) is 76.3 Å². The van der Waals surface area contributed by atoms with Crippen LogP contribution in [0.5, 0.6) is 5.75 Å². The number of hydrogen-bond donors (Lipinski definition) is 1. The molecule has 0 saturated carbocycles. The first-order chi connectivity index (χ1) is 15.9. The number of nitrogens with one attached hydrogen (secondary N) is 1. The molecule has 1 amide bonds. The molecule has 2 aromatic carbocycles. The SMILES string of the molecule is CCOc1ccc(-c2cc(=O)n(CC(=O)Nc3cc(C(F)(F)F)cc(C(F)(F)F)c3)cn2)cc1. The summed E-state index contributed by atoms with van der Waals surface area (Å²) in [6.45, 7) is 1.63. The number of carbonyl (C=O) groups is 1. The molecule has 12 heteroatoms. The number of halogens is 6. The molecular formula is C22H17F6N3O3. The van der Waals surface area contributed by atoms with Crippen LogP contribution in [0.4, 0.5) is 32.0 Å². The molecule has 3 aromatic rings. The maximum atomic E-state index is 13.0. The fourth-order valence-electron chi connectivity index (χ4n) is 2.97. The van der Waals surface area contributed by atoms with Gasteiger partial charge in [0, 0.05) is 17.3 Å². The third-order valence-electron chi connectivity index (χ3n) is 4.53. The predicted molar refractivity (Wildman–Crippen MR) is 110 cm³/mol. The number of carbonyl (C=O) groups excluding carboxylic acids is 1. The van der Waals surface area contributed by atoms with Gasteiger partial charge in [-0.15, -0.1) is 0 Å². The number of nitrogens with zero attached hydrogens (tertiary/aromatic N) is 2. The van der Waals surface area contributed by atoms with Crippen LogP contribution in [0.25, 0.3) is 11.3 Å². The number of amides is 1. The lowest BCUT2D eigenvalue weighted by molar-refractivity contribution is -0.143. The number of aromatic nitrogens is 2.